The van der Waals surface area contributed by atoms with Gasteiger partial charge in [-0.25, -0.2) is 0 Å². The molecule has 1 amide bonds. The van der Waals surface area contributed by atoms with E-state index in [9.17, 15) is 4.79 Å². The Morgan fingerprint density at radius 3 is 2.67 bits per heavy atom. The Bertz CT molecular complexity index is 1030. The number of nitrogens with zero attached hydrogens (tertiary/aromatic N) is 2. The minimum atomic E-state index is -0.247. The highest BCUT2D eigenvalue weighted by Gasteiger charge is 2.42. The third-order valence-corrected chi connectivity index (χ3v) is 5.37. The lowest BCUT2D eigenvalue weighted by molar-refractivity contribution is 0.0677. The van der Waals surface area contributed by atoms with Crippen LogP contribution in [0.3, 0.4) is 0 Å². The van der Waals surface area contributed by atoms with Crippen LogP contribution in [0.25, 0.3) is 11.3 Å². The van der Waals surface area contributed by atoms with Gasteiger partial charge in [0.05, 0.1) is 24.9 Å². The van der Waals surface area contributed by atoms with Crippen molar-refractivity contribution in [2.45, 2.75) is 26.3 Å². The monoisotopic (exact) mass is 405 g/mol. The molecule has 6 nitrogen and oxygen atoms in total. The fraction of sp³-hybridized carbons (Fsp3) is 0.333. The van der Waals surface area contributed by atoms with Crippen molar-refractivity contribution in [3.8, 4) is 17.0 Å². The highest BCUT2D eigenvalue weighted by molar-refractivity contribution is 6.00. The first-order valence-electron chi connectivity index (χ1n) is 10.3. The highest BCUT2D eigenvalue weighted by atomic mass is 16.5. The van der Waals surface area contributed by atoms with Crippen LogP contribution in [0, 0.1) is 6.92 Å². The number of aromatic amines is 1. The van der Waals surface area contributed by atoms with Crippen LogP contribution >= 0.6 is 0 Å². The van der Waals surface area contributed by atoms with E-state index in [1.165, 1.54) is 5.56 Å². The van der Waals surface area contributed by atoms with Gasteiger partial charge in [-0.2, -0.15) is 5.10 Å². The maximum atomic E-state index is 13.2. The number of hydrogen-bond donors (Lipinski definition) is 1. The minimum Gasteiger partial charge on any atom is -0.494 e. The molecule has 2 aromatic carbocycles. The van der Waals surface area contributed by atoms with Crippen molar-refractivity contribution >= 4 is 5.91 Å². The number of aryl methyl sites for hydroxylation is 1. The van der Waals surface area contributed by atoms with Gasteiger partial charge < -0.3 is 14.4 Å². The second-order valence-electron chi connectivity index (χ2n) is 7.54. The Morgan fingerprint density at radius 2 is 1.93 bits per heavy atom. The van der Waals surface area contributed by atoms with Crippen LogP contribution in [-0.2, 0) is 4.74 Å². The molecule has 1 aliphatic rings. The van der Waals surface area contributed by atoms with Gasteiger partial charge in [-0.3, -0.25) is 9.89 Å². The van der Waals surface area contributed by atoms with Gasteiger partial charge >= 0.3 is 0 Å². The molecule has 0 saturated heterocycles. The van der Waals surface area contributed by atoms with E-state index in [1.807, 2.05) is 41.3 Å². The zero-order valence-electron chi connectivity index (χ0n) is 17.6. The molecular formula is C24H27N3O3. The van der Waals surface area contributed by atoms with Crippen LogP contribution in [0.4, 0.5) is 0 Å². The molecule has 1 aromatic heterocycles. The first kappa shape index (κ1) is 20.2. The van der Waals surface area contributed by atoms with E-state index in [2.05, 4.69) is 36.2 Å². The average Bonchev–Trinajstić information content (AvgIpc) is 3.30. The van der Waals surface area contributed by atoms with E-state index in [0.717, 1.165) is 34.6 Å². The number of carbonyl (C=O) groups is 1. The lowest BCUT2D eigenvalue weighted by atomic mass is 9.95. The summed E-state index contributed by atoms with van der Waals surface area (Å²) in [5.74, 6) is 0.750. The Hall–Kier alpha value is -3.12. The number of aromatic nitrogens is 2. The molecule has 1 unspecified atom stereocenters. The molecule has 30 heavy (non-hydrogen) atoms. The molecule has 1 N–H and O–H groups in total. The molecule has 0 fully saturated rings. The molecule has 0 bridgehead atoms. The lowest BCUT2D eigenvalue weighted by Crippen LogP contribution is -2.32. The molecule has 3 aromatic rings. The first-order chi connectivity index (χ1) is 14.6. The molecule has 0 saturated carbocycles. The van der Waals surface area contributed by atoms with Crippen LogP contribution in [0.15, 0.2) is 48.5 Å². The Balaban J connectivity index is 1.80. The second-order valence-corrected chi connectivity index (χ2v) is 7.54. The number of ether oxygens (including phenoxy) is 2. The van der Waals surface area contributed by atoms with Crippen molar-refractivity contribution in [3.05, 3.63) is 70.9 Å². The summed E-state index contributed by atoms with van der Waals surface area (Å²) in [6.07, 6.45) is 0.940. The first-order valence-corrected chi connectivity index (χ1v) is 10.3. The average molecular weight is 405 g/mol. The SMILES string of the molecule is CCCOc1cccc(C2c3c(-c4ccc(C)cc4)n[nH]c3C(=O)N2CCOC)c1. The summed E-state index contributed by atoms with van der Waals surface area (Å²) in [5, 5.41) is 7.51. The summed E-state index contributed by atoms with van der Waals surface area (Å²) in [7, 11) is 1.65. The van der Waals surface area contributed by atoms with Gasteiger partial charge in [0.25, 0.3) is 5.91 Å². The Kier molecular flexibility index (Phi) is 5.86. The van der Waals surface area contributed by atoms with Crippen LogP contribution in [-0.4, -0.2) is 47.9 Å². The number of amides is 1. The topological polar surface area (TPSA) is 67.5 Å². The van der Waals surface area contributed by atoms with Crippen molar-refractivity contribution in [3.63, 3.8) is 0 Å². The van der Waals surface area contributed by atoms with Crippen LogP contribution in [0.1, 0.15) is 46.6 Å². The van der Waals surface area contributed by atoms with Crippen molar-refractivity contribution in [1.29, 1.82) is 0 Å². The summed E-state index contributed by atoms with van der Waals surface area (Å²) in [6.45, 7) is 5.75. The summed E-state index contributed by atoms with van der Waals surface area (Å²) in [5.41, 5.74) is 5.44. The molecule has 156 valence electrons. The summed E-state index contributed by atoms with van der Waals surface area (Å²) < 4.78 is 11.1. The van der Waals surface area contributed by atoms with E-state index in [-0.39, 0.29) is 11.9 Å². The van der Waals surface area contributed by atoms with Crippen molar-refractivity contribution < 1.29 is 14.3 Å². The van der Waals surface area contributed by atoms with Gasteiger partial charge in [-0.05, 0) is 31.0 Å². The number of benzene rings is 2. The molecule has 1 aliphatic heterocycles. The molecule has 0 radical (unpaired) electrons. The molecule has 2 heterocycles. The summed E-state index contributed by atoms with van der Waals surface area (Å²) >= 11 is 0. The van der Waals surface area contributed by atoms with E-state index in [1.54, 1.807) is 7.11 Å². The predicted molar refractivity (Wildman–Crippen MR) is 116 cm³/mol. The number of rotatable bonds is 8. The molecule has 0 spiro atoms. The van der Waals surface area contributed by atoms with Gasteiger partial charge in [-0.1, -0.05) is 48.9 Å². The fourth-order valence-corrected chi connectivity index (χ4v) is 3.89. The number of carbonyl (C=O) groups excluding carboxylic acids is 1. The molecule has 4 rings (SSSR count). The van der Waals surface area contributed by atoms with E-state index in [4.69, 9.17) is 9.47 Å². The normalized spacial score (nSPS) is 15.5. The van der Waals surface area contributed by atoms with Crippen molar-refractivity contribution in [2.75, 3.05) is 26.9 Å². The second kappa shape index (κ2) is 8.71. The van der Waals surface area contributed by atoms with E-state index in [0.29, 0.717) is 25.5 Å². The number of methoxy groups -OCH3 is 1. The predicted octanol–water partition coefficient (Wildman–Crippen LogP) is 4.37. The van der Waals surface area contributed by atoms with Gasteiger partial charge in [0.1, 0.15) is 11.4 Å². The fourth-order valence-electron chi connectivity index (χ4n) is 3.89. The Labute approximate surface area is 176 Å². The van der Waals surface area contributed by atoms with Gasteiger partial charge in [0, 0.05) is 24.8 Å². The standard InChI is InChI=1S/C24H27N3O3/c1-4-13-30-19-7-5-6-18(15-19)23-20-21(17-10-8-16(2)9-11-17)25-26-22(20)24(28)27(23)12-14-29-3/h5-11,15,23H,4,12-14H2,1-3H3,(H,25,26). The van der Waals surface area contributed by atoms with Crippen molar-refractivity contribution in [2.24, 2.45) is 0 Å². The third kappa shape index (κ3) is 3.71. The minimum absolute atomic E-state index is 0.0576. The Morgan fingerprint density at radius 1 is 1.13 bits per heavy atom. The quantitative estimate of drug-likeness (QED) is 0.604. The van der Waals surface area contributed by atoms with Crippen LogP contribution in [0.5, 0.6) is 5.75 Å². The lowest BCUT2D eigenvalue weighted by Gasteiger charge is -2.26. The summed E-state index contributed by atoms with van der Waals surface area (Å²) in [6, 6.07) is 16.0. The zero-order chi connectivity index (χ0) is 21.1. The molecule has 6 heteroatoms. The van der Waals surface area contributed by atoms with Crippen LogP contribution in [0.2, 0.25) is 0 Å². The van der Waals surface area contributed by atoms with Crippen LogP contribution < -0.4 is 4.74 Å². The number of fused-ring (bicyclic) bond motifs is 1. The third-order valence-electron chi connectivity index (χ3n) is 5.37. The molecular weight excluding hydrogens is 378 g/mol. The van der Waals surface area contributed by atoms with E-state index < -0.39 is 0 Å². The largest absolute Gasteiger partial charge is 0.494 e. The molecule has 0 aliphatic carbocycles. The number of H-pyrrole nitrogens is 1. The molecule has 1 atom stereocenters. The van der Waals surface area contributed by atoms with E-state index >= 15 is 0 Å². The maximum absolute atomic E-state index is 13.2. The smallest absolute Gasteiger partial charge is 0.273 e. The van der Waals surface area contributed by atoms with Gasteiger partial charge in [-0.15, -0.1) is 0 Å². The maximum Gasteiger partial charge on any atom is 0.273 e. The number of hydrogen-bond acceptors (Lipinski definition) is 4. The highest BCUT2D eigenvalue weighted by Crippen LogP contribution is 2.43. The van der Waals surface area contributed by atoms with Gasteiger partial charge in [0.2, 0.25) is 0 Å². The van der Waals surface area contributed by atoms with Gasteiger partial charge in [0.15, 0.2) is 0 Å². The number of nitrogens with one attached hydrogen (secondary N) is 1. The zero-order valence-corrected chi connectivity index (χ0v) is 17.6. The van der Waals surface area contributed by atoms with Crippen molar-refractivity contribution in [1.82, 2.24) is 15.1 Å². The summed E-state index contributed by atoms with van der Waals surface area (Å²) in [4.78, 5) is 15.1.